The van der Waals surface area contributed by atoms with Crippen LogP contribution in [-0.2, 0) is 24.2 Å². The third kappa shape index (κ3) is 8.69. The molecule has 6 heterocycles. The monoisotopic (exact) mass is 758 g/mol. The smallest absolute Gasteiger partial charge is 0.257 e. The topological polar surface area (TPSA) is 155 Å². The molecule has 54 heavy (non-hydrogen) atoms. The van der Waals surface area contributed by atoms with Crippen LogP contribution in [0.5, 0.6) is 0 Å². The summed E-state index contributed by atoms with van der Waals surface area (Å²) in [5.74, 6) is 3.27. The number of fused-ring (bicyclic) bond motifs is 2. The van der Waals surface area contributed by atoms with Crippen molar-refractivity contribution < 1.29 is 14.3 Å². The van der Waals surface area contributed by atoms with Gasteiger partial charge in [-0.25, -0.2) is 33.7 Å². The highest BCUT2D eigenvalue weighted by molar-refractivity contribution is 6.31. The number of rotatable bonds is 8. The molecule has 1 amide bonds. The number of likely N-dealkylation sites (tertiary alicyclic amines) is 2. The maximum atomic E-state index is 14.4. The largest absolute Gasteiger partial charge is 0.388 e. The predicted molar refractivity (Wildman–Crippen MR) is 206 cm³/mol. The average molecular weight is 759 g/mol. The van der Waals surface area contributed by atoms with E-state index in [1.807, 2.05) is 47.5 Å². The minimum absolute atomic E-state index is 0.0313. The summed E-state index contributed by atoms with van der Waals surface area (Å²) in [6, 6.07) is 12.3. The van der Waals surface area contributed by atoms with Crippen molar-refractivity contribution in [1.29, 1.82) is 0 Å². The van der Waals surface area contributed by atoms with Crippen molar-refractivity contribution in [3.05, 3.63) is 94.3 Å². The van der Waals surface area contributed by atoms with E-state index in [1.54, 1.807) is 23.4 Å². The molecule has 2 aliphatic rings. The molecule has 0 unspecified atom stereocenters. The van der Waals surface area contributed by atoms with E-state index < -0.39 is 5.82 Å². The first-order chi connectivity index (χ1) is 25.5. The third-order valence-corrected chi connectivity index (χ3v) is 9.44. The second kappa shape index (κ2) is 15.4. The van der Waals surface area contributed by atoms with Gasteiger partial charge in [-0.15, -0.1) is 0 Å². The number of carbonyl (C=O) groups is 1. The molecule has 16 heteroatoms. The highest BCUT2D eigenvalue weighted by atomic mass is 35.5. The Kier molecular flexibility index (Phi) is 11.0. The summed E-state index contributed by atoms with van der Waals surface area (Å²) in [5, 5.41) is 24.4. The predicted octanol–water partition coefficient (Wildman–Crippen LogP) is 6.34. The van der Waals surface area contributed by atoms with Crippen molar-refractivity contribution in [2.24, 2.45) is 0 Å². The second-order valence-corrected chi connectivity index (χ2v) is 16.1. The average Bonchev–Trinajstić information content (AvgIpc) is 3.90. The minimum atomic E-state index is -0.653. The Bertz CT molecular complexity index is 2120. The molecule has 3 N–H and O–H groups in total. The van der Waals surface area contributed by atoms with E-state index in [0.29, 0.717) is 31.3 Å². The van der Waals surface area contributed by atoms with Gasteiger partial charge in [0.05, 0.1) is 40.6 Å². The number of aryl methyl sites for hydroxylation is 2. The van der Waals surface area contributed by atoms with Gasteiger partial charge in [-0.2, -0.15) is 10.2 Å². The Morgan fingerprint density at radius 1 is 0.833 bits per heavy atom. The van der Waals surface area contributed by atoms with Crippen LogP contribution in [0.4, 0.5) is 27.7 Å². The SMILES string of the molecule is Cc1cc(Nc2ccnn2C(C)(C)C)nc(CN2C[C@H]3C[C@@H]2CN3C(=O)c2cccc(Cl)c2F)n1.Cc1cc(Nc2ccnn2C(C)(C)C)nc(CO)n1. The number of aromatic nitrogens is 8. The van der Waals surface area contributed by atoms with E-state index in [1.165, 1.54) is 12.1 Å². The summed E-state index contributed by atoms with van der Waals surface area (Å²) in [5.41, 5.74) is 1.43. The Balaban J connectivity index is 0.000000221. The molecule has 0 radical (unpaired) electrons. The number of nitrogens with one attached hydrogen (secondary N) is 2. The van der Waals surface area contributed by atoms with Gasteiger partial charge >= 0.3 is 0 Å². The summed E-state index contributed by atoms with van der Waals surface area (Å²) in [6.45, 7) is 18.0. The molecule has 5 aromatic rings. The molecule has 2 saturated heterocycles. The lowest BCUT2D eigenvalue weighted by molar-refractivity contribution is 0.0608. The number of halogens is 2. The molecule has 0 saturated carbocycles. The van der Waals surface area contributed by atoms with E-state index in [-0.39, 0.29) is 46.3 Å². The Morgan fingerprint density at radius 2 is 1.39 bits per heavy atom. The second-order valence-electron chi connectivity index (χ2n) is 15.7. The lowest BCUT2D eigenvalue weighted by Gasteiger charge is -2.34. The van der Waals surface area contributed by atoms with Gasteiger partial charge in [0.2, 0.25) is 0 Å². The molecule has 286 valence electrons. The molecule has 2 aliphatic heterocycles. The van der Waals surface area contributed by atoms with Gasteiger partial charge in [-0.1, -0.05) is 17.7 Å². The van der Waals surface area contributed by atoms with Crippen LogP contribution >= 0.6 is 11.6 Å². The van der Waals surface area contributed by atoms with Crippen LogP contribution in [-0.4, -0.2) is 85.5 Å². The Morgan fingerprint density at radius 3 is 1.91 bits per heavy atom. The summed E-state index contributed by atoms with van der Waals surface area (Å²) in [7, 11) is 0. The number of anilines is 4. The number of hydrogen-bond donors (Lipinski definition) is 3. The first-order valence-electron chi connectivity index (χ1n) is 17.9. The zero-order valence-electron chi connectivity index (χ0n) is 32.0. The maximum absolute atomic E-state index is 14.4. The normalized spacial score (nSPS) is 17.1. The summed E-state index contributed by atoms with van der Waals surface area (Å²) >= 11 is 5.88. The number of carbonyl (C=O) groups excluding carboxylic acids is 1. The third-order valence-electron chi connectivity index (χ3n) is 9.15. The summed E-state index contributed by atoms with van der Waals surface area (Å²) in [6.07, 6.45) is 4.37. The zero-order valence-corrected chi connectivity index (χ0v) is 32.7. The van der Waals surface area contributed by atoms with Crippen molar-refractivity contribution >= 4 is 40.8 Å². The van der Waals surface area contributed by atoms with Crippen LogP contribution in [0.3, 0.4) is 0 Å². The molecule has 1 aromatic carbocycles. The van der Waals surface area contributed by atoms with Crippen LogP contribution in [0.25, 0.3) is 0 Å². The van der Waals surface area contributed by atoms with Gasteiger partial charge in [0, 0.05) is 60.8 Å². The molecule has 4 aromatic heterocycles. The fourth-order valence-electron chi connectivity index (χ4n) is 6.85. The van der Waals surface area contributed by atoms with Gasteiger partial charge in [-0.3, -0.25) is 9.69 Å². The Hall–Kier alpha value is -4.99. The molecular weight excluding hydrogens is 711 g/mol. The molecule has 7 rings (SSSR count). The Labute approximate surface area is 319 Å². The van der Waals surface area contributed by atoms with Crippen LogP contribution < -0.4 is 10.6 Å². The number of hydrogen-bond acceptors (Lipinski definition) is 11. The van der Waals surface area contributed by atoms with Gasteiger partial charge in [0.15, 0.2) is 11.6 Å². The fourth-order valence-corrected chi connectivity index (χ4v) is 7.03. The van der Waals surface area contributed by atoms with Crippen LogP contribution in [0.15, 0.2) is 54.9 Å². The standard InChI is InChI=1S/C25H29ClFN7O.C13H19N5O/c1-15-10-20(31-22-8-9-28-34(22)25(2,3)4)30-21(29-15)14-32-12-17-11-16(32)13-33(17)24(35)18-6-5-7-19(26)23(18)27;1-9-7-10(16-11(8-19)15-9)17-12-5-6-14-18(12)13(2,3)4/h5-10,16-17H,11-14H2,1-4H3,(H,29,30,31);5-7,19H,8H2,1-4H3,(H,15,16,17)/t16-,17-;/m1./s1. The molecule has 2 fully saturated rings. The summed E-state index contributed by atoms with van der Waals surface area (Å²) in [4.78, 5) is 34.8. The highest BCUT2D eigenvalue weighted by Gasteiger charge is 2.46. The molecule has 2 atom stereocenters. The fraction of sp³-hybridized carbons (Fsp3) is 0.447. The van der Waals surface area contributed by atoms with E-state index in [2.05, 4.69) is 82.2 Å². The van der Waals surface area contributed by atoms with Gasteiger partial charge < -0.3 is 20.6 Å². The van der Waals surface area contributed by atoms with E-state index in [0.717, 1.165) is 41.1 Å². The van der Waals surface area contributed by atoms with E-state index >= 15 is 0 Å². The highest BCUT2D eigenvalue weighted by Crippen LogP contribution is 2.34. The first kappa shape index (κ1) is 38.7. The van der Waals surface area contributed by atoms with E-state index in [9.17, 15) is 9.18 Å². The van der Waals surface area contributed by atoms with Gasteiger partial charge in [0.1, 0.15) is 35.7 Å². The maximum Gasteiger partial charge on any atom is 0.257 e. The number of piperazine rings is 1. The van der Waals surface area contributed by atoms with Crippen molar-refractivity contribution in [2.45, 2.75) is 98.1 Å². The van der Waals surface area contributed by atoms with Crippen LogP contribution in [0.2, 0.25) is 5.02 Å². The zero-order chi connectivity index (χ0) is 38.9. The lowest BCUT2D eigenvalue weighted by Crippen LogP contribution is -2.48. The quantitative estimate of drug-likeness (QED) is 0.162. The number of aliphatic hydroxyl groups excluding tert-OH is 1. The molecule has 0 aliphatic carbocycles. The molecule has 0 spiro atoms. The molecule has 2 bridgehead atoms. The minimum Gasteiger partial charge on any atom is -0.388 e. The van der Waals surface area contributed by atoms with E-state index in [4.69, 9.17) is 21.7 Å². The van der Waals surface area contributed by atoms with Crippen LogP contribution in [0, 0.1) is 19.7 Å². The van der Waals surface area contributed by atoms with Gasteiger partial charge in [-0.05, 0) is 73.9 Å². The van der Waals surface area contributed by atoms with Gasteiger partial charge in [0.25, 0.3) is 5.91 Å². The van der Waals surface area contributed by atoms with Crippen molar-refractivity contribution in [3.8, 4) is 0 Å². The van der Waals surface area contributed by atoms with Crippen molar-refractivity contribution in [2.75, 3.05) is 23.7 Å². The molecular formula is C38H48ClFN12O2. The van der Waals surface area contributed by atoms with Crippen molar-refractivity contribution in [1.82, 2.24) is 49.3 Å². The number of nitrogens with zero attached hydrogens (tertiary/aromatic N) is 10. The number of amides is 1. The number of benzene rings is 1. The summed E-state index contributed by atoms with van der Waals surface area (Å²) < 4.78 is 18.2. The van der Waals surface area contributed by atoms with Crippen molar-refractivity contribution in [3.63, 3.8) is 0 Å². The lowest BCUT2D eigenvalue weighted by atomic mass is 10.1. The molecule has 14 nitrogen and oxygen atoms in total. The number of aliphatic hydroxyl groups is 1. The van der Waals surface area contributed by atoms with Crippen LogP contribution in [0.1, 0.15) is 81.4 Å². The first-order valence-corrected chi connectivity index (χ1v) is 18.3.